The van der Waals surface area contributed by atoms with E-state index in [0.717, 1.165) is 25.7 Å². The third-order valence-corrected chi connectivity index (χ3v) is 17.8. The van der Waals surface area contributed by atoms with Gasteiger partial charge in [0.1, 0.15) is 78.0 Å². The largest absolute Gasteiger partial charge is 0.481 e. The molecule has 1 heterocycles. The van der Waals surface area contributed by atoms with E-state index in [1.165, 1.54) is 20.8 Å². The van der Waals surface area contributed by atoms with Gasteiger partial charge in [0.2, 0.25) is 76.8 Å². The number of unbranched alkanes of at least 4 members (excludes halogenated alkanes) is 4. The number of nitrogens with two attached hydrogens (primary N) is 3. The monoisotopic (exact) mass is 1530 g/mol. The summed E-state index contributed by atoms with van der Waals surface area (Å²) in [5.41, 5.74) is 17.4. The Kier molecular flexibility index (Phi) is 40.0. The average Bonchev–Trinajstić information content (AvgIpc) is 1.72. The van der Waals surface area contributed by atoms with Gasteiger partial charge >= 0.3 is 11.9 Å². The van der Waals surface area contributed by atoms with E-state index in [2.05, 4.69) is 81.0 Å². The summed E-state index contributed by atoms with van der Waals surface area (Å²) in [6.07, 6.45) is 3.74. The topological polar surface area (TPSA) is 587 Å². The SMILES string of the molecule is CCCCCCCC(=O)N[C@@H](C(=O)N[C@H](CCN)C(=O)NC(C)(C)C(=O)N[C@H](CO)C(=O)N[C@H](Cc1c[nH]c2ccccc12)C(=O)N[C@@H](CO)C(=O)N[C@@H](CCN)C(=O)N[C@H](CCN)C(=O)N[C@@H](Cc1ccccc1)C(=O)N[C@@H](CCC(=O)O)C(=O)N[C@H](C(=O)N[C@@H](C(=O)N[C@@H](C)C(=O)O)C(C)C)C(C)C)C(C)C. The van der Waals surface area contributed by atoms with Crippen molar-refractivity contribution in [2.75, 3.05) is 32.8 Å². The predicted molar refractivity (Wildman–Crippen MR) is 401 cm³/mol. The molecule has 12 atom stereocenters. The zero-order chi connectivity index (χ0) is 81.8. The zero-order valence-corrected chi connectivity index (χ0v) is 63.8. The van der Waals surface area contributed by atoms with E-state index >= 15 is 0 Å². The highest BCUT2D eigenvalue weighted by Gasteiger charge is 2.40. The molecule has 0 radical (unpaired) electrons. The third-order valence-electron chi connectivity index (χ3n) is 17.8. The number of para-hydroxylation sites is 1. The summed E-state index contributed by atoms with van der Waals surface area (Å²) in [7, 11) is 0. The van der Waals surface area contributed by atoms with Crippen molar-refractivity contribution in [3.8, 4) is 0 Å². The lowest BCUT2D eigenvalue weighted by Crippen LogP contribution is -2.64. The number of hydrogen-bond acceptors (Lipinski definition) is 20. The van der Waals surface area contributed by atoms with E-state index in [1.807, 2.05) is 0 Å². The van der Waals surface area contributed by atoms with Gasteiger partial charge < -0.3 is 112 Å². The Morgan fingerprint density at radius 2 is 0.817 bits per heavy atom. The number of carboxylic acid groups (broad SMARTS) is 2. The van der Waals surface area contributed by atoms with Crippen molar-refractivity contribution in [3.05, 3.63) is 71.9 Å². The van der Waals surface area contributed by atoms with E-state index in [0.29, 0.717) is 28.5 Å². The Balaban J connectivity index is 1.88. The number of aliphatic carboxylic acids is 2. The zero-order valence-electron chi connectivity index (χ0n) is 63.8. The maximum absolute atomic E-state index is 14.5. The Morgan fingerprint density at radius 3 is 1.31 bits per heavy atom. The fraction of sp³-hybridized carbons (Fsp3) is 0.603. The summed E-state index contributed by atoms with van der Waals surface area (Å²) in [6, 6.07) is -3.06. The average molecular weight is 1530 g/mol. The van der Waals surface area contributed by atoms with Crippen molar-refractivity contribution >= 4 is 99.6 Å². The molecule has 0 aliphatic heterocycles. The molecule has 0 fully saturated rings. The van der Waals surface area contributed by atoms with Crippen molar-refractivity contribution in [2.24, 2.45) is 35.0 Å². The smallest absolute Gasteiger partial charge is 0.325 e. The number of benzene rings is 2. The maximum atomic E-state index is 14.5. The summed E-state index contributed by atoms with van der Waals surface area (Å²) in [6.45, 7) is 12.8. The lowest BCUT2D eigenvalue weighted by Gasteiger charge is -2.31. The first-order valence-electron chi connectivity index (χ1n) is 36.8. The van der Waals surface area contributed by atoms with Crippen LogP contribution in [0, 0.1) is 17.8 Å². The number of fused-ring (bicyclic) bond motifs is 1. The van der Waals surface area contributed by atoms with E-state index in [4.69, 9.17) is 17.2 Å². The summed E-state index contributed by atoms with van der Waals surface area (Å²) in [5, 5.41) is 73.5. The van der Waals surface area contributed by atoms with Crippen LogP contribution >= 0.6 is 0 Å². The minimum atomic E-state index is -1.88. The molecule has 1 aromatic heterocycles. The number of nitrogens with one attached hydrogen (secondary N) is 14. The van der Waals surface area contributed by atoms with Crippen molar-refractivity contribution in [2.45, 2.75) is 231 Å². The van der Waals surface area contributed by atoms with Crippen LogP contribution in [-0.4, -0.2) is 225 Å². The Labute approximate surface area is 634 Å². The molecule has 36 heteroatoms. The molecule has 606 valence electrons. The van der Waals surface area contributed by atoms with Gasteiger partial charge in [-0.3, -0.25) is 71.9 Å². The Morgan fingerprint density at radius 1 is 0.422 bits per heavy atom. The fourth-order valence-corrected chi connectivity index (χ4v) is 11.3. The first-order chi connectivity index (χ1) is 51.5. The second-order valence-corrected chi connectivity index (χ2v) is 28.3. The van der Waals surface area contributed by atoms with Crippen LogP contribution in [-0.2, 0) is 84.8 Å². The molecule has 0 unspecified atom stereocenters. The molecule has 36 nitrogen and oxygen atoms in total. The van der Waals surface area contributed by atoms with E-state index in [1.54, 1.807) is 102 Å². The minimum Gasteiger partial charge on any atom is -0.481 e. The molecule has 24 N–H and O–H groups in total. The molecule has 3 rings (SSSR count). The molecular weight excluding hydrogens is 1420 g/mol. The van der Waals surface area contributed by atoms with Gasteiger partial charge in [0.25, 0.3) is 0 Å². The normalized spacial score (nSPS) is 14.7. The number of aliphatic hydroxyl groups is 2. The third kappa shape index (κ3) is 31.1. The number of H-pyrrole nitrogens is 1. The number of aliphatic hydroxyl groups excluding tert-OH is 2. The molecule has 0 spiro atoms. The lowest BCUT2D eigenvalue weighted by atomic mass is 9.98. The van der Waals surface area contributed by atoms with Gasteiger partial charge in [-0.05, 0) is 107 Å². The lowest BCUT2D eigenvalue weighted by molar-refractivity contribution is -0.142. The Bertz CT molecular complexity index is 3560. The van der Waals surface area contributed by atoms with Crippen molar-refractivity contribution in [3.63, 3.8) is 0 Å². The van der Waals surface area contributed by atoms with Crippen LogP contribution in [0.5, 0.6) is 0 Å². The van der Waals surface area contributed by atoms with E-state index in [9.17, 15) is 92.3 Å². The van der Waals surface area contributed by atoms with Crippen molar-refractivity contribution in [1.82, 2.24) is 74.1 Å². The predicted octanol–water partition coefficient (Wildman–Crippen LogP) is -3.01. The molecule has 13 amide bonds. The molecule has 0 saturated carbocycles. The van der Waals surface area contributed by atoms with Gasteiger partial charge in [-0.25, -0.2) is 0 Å². The molecule has 0 aliphatic rings. The number of aromatic amines is 1. The number of rotatable bonds is 50. The minimum absolute atomic E-state index is 0.0850. The van der Waals surface area contributed by atoms with E-state index in [-0.39, 0.29) is 64.1 Å². The Hall–Kier alpha value is -10.2. The number of carbonyl (C=O) groups is 15. The van der Waals surface area contributed by atoms with Crippen molar-refractivity contribution in [1.29, 1.82) is 0 Å². The van der Waals surface area contributed by atoms with E-state index < -0.39 is 205 Å². The van der Waals surface area contributed by atoms with Gasteiger partial charge in [0.15, 0.2) is 0 Å². The molecule has 0 saturated heterocycles. The van der Waals surface area contributed by atoms with Gasteiger partial charge in [-0.1, -0.05) is 123 Å². The van der Waals surface area contributed by atoms with Crippen LogP contribution in [0.25, 0.3) is 10.9 Å². The molecule has 0 bridgehead atoms. The second kappa shape index (κ2) is 46.9. The number of hydrogen-bond donors (Lipinski definition) is 21. The van der Waals surface area contributed by atoms with Gasteiger partial charge in [-0.15, -0.1) is 0 Å². The summed E-state index contributed by atoms with van der Waals surface area (Å²) in [5.74, 6) is -16.5. The second-order valence-electron chi connectivity index (χ2n) is 28.3. The van der Waals surface area contributed by atoms with Crippen LogP contribution in [0.4, 0.5) is 0 Å². The quantitative estimate of drug-likeness (QED) is 0.0250. The number of aromatic nitrogens is 1. The first-order valence-corrected chi connectivity index (χ1v) is 36.8. The molecule has 0 aliphatic carbocycles. The molecule has 3 aromatic rings. The van der Waals surface area contributed by atoms with Crippen molar-refractivity contribution < 1.29 is 92.3 Å². The standard InChI is InChI=1S/C73H115N17O19/c1-11-12-13-14-18-25-55(93)87-57(39(2)3)69(105)82-50(30-33-76)67(103)90-73(9,10)72(109)86-54(38-92)66(102)84-52(35-44-36-77-46-24-20-19-23-45(44)46)64(100)85-53(37-91)65(101)81-48(28-31-74)60(96)80-49(29-32-75)61(97)83-51(34-43-21-16-15-17-22-43)63(99)79-47(26-27-56(94)95)62(98)88-59(41(6)7)70(106)89-58(40(4)5)68(104)78-42(8)71(107)108/h15-17,19-24,36,39-42,47-54,57-59,77,91-92H,11-14,18,25-35,37-38,74-76H2,1-10H3,(H,78,104)(H,79,99)(H,80,96)(H,81,101)(H,82,105)(H,83,97)(H,84,102)(H,85,100)(H,86,109)(H,87,93)(H,88,98)(H,89,106)(H,90,103)(H,94,95)(H,107,108)/t42-,47-,48-,49+,50+,51-,52+,53-,54+,57+,58+,59-/m0/s1. The summed E-state index contributed by atoms with van der Waals surface area (Å²) >= 11 is 0. The highest BCUT2D eigenvalue weighted by molar-refractivity contribution is 6.01. The first kappa shape index (κ1) is 93.0. The summed E-state index contributed by atoms with van der Waals surface area (Å²) in [4.78, 5) is 208. The van der Waals surface area contributed by atoms with Crippen LogP contribution in [0.3, 0.4) is 0 Å². The number of carboxylic acids is 2. The summed E-state index contributed by atoms with van der Waals surface area (Å²) < 4.78 is 0. The van der Waals surface area contributed by atoms with Crippen LogP contribution in [0.15, 0.2) is 60.8 Å². The number of carbonyl (C=O) groups excluding carboxylic acids is 13. The molecule has 2 aromatic carbocycles. The van der Waals surface area contributed by atoms with Crippen LogP contribution < -0.4 is 86.3 Å². The number of amides is 13. The van der Waals surface area contributed by atoms with Gasteiger partial charge in [0, 0.05) is 42.8 Å². The van der Waals surface area contributed by atoms with Gasteiger partial charge in [0.05, 0.1) is 13.2 Å². The highest BCUT2D eigenvalue weighted by atomic mass is 16.4. The fourth-order valence-electron chi connectivity index (χ4n) is 11.3. The molecule has 109 heavy (non-hydrogen) atoms. The maximum Gasteiger partial charge on any atom is 0.325 e. The highest BCUT2D eigenvalue weighted by Crippen LogP contribution is 2.20. The van der Waals surface area contributed by atoms with Crippen LogP contribution in [0.2, 0.25) is 0 Å². The van der Waals surface area contributed by atoms with Gasteiger partial charge in [-0.2, -0.15) is 0 Å². The van der Waals surface area contributed by atoms with Crippen LogP contribution in [0.1, 0.15) is 151 Å². The molecular formula is C73H115N17O19.